The van der Waals surface area contributed by atoms with Crippen LogP contribution in [0.4, 0.5) is 0 Å². The van der Waals surface area contributed by atoms with E-state index in [1.54, 1.807) is 0 Å². The van der Waals surface area contributed by atoms with Gasteiger partial charge in [-0.3, -0.25) is 0 Å². The lowest BCUT2D eigenvalue weighted by molar-refractivity contribution is 0.666. The highest BCUT2D eigenvalue weighted by Gasteiger charge is 2.26. The fourth-order valence-electron chi connectivity index (χ4n) is 10.9. The van der Waals surface area contributed by atoms with Crippen molar-refractivity contribution in [2.24, 2.45) is 0 Å². The number of nitrogens with zero attached hydrogens (tertiary/aromatic N) is 5. The smallest absolute Gasteiger partial charge is 0.166 e. The van der Waals surface area contributed by atoms with Crippen LogP contribution in [0.25, 0.3) is 143 Å². The lowest BCUT2D eigenvalue weighted by atomic mass is 10.0. The minimum absolute atomic E-state index is 0.545. The summed E-state index contributed by atoms with van der Waals surface area (Å²) in [6, 6.07) is 79.7. The molecule has 69 heavy (non-hydrogen) atoms. The predicted octanol–water partition coefficient (Wildman–Crippen LogP) is 16.4. The van der Waals surface area contributed by atoms with Crippen LogP contribution in [0.15, 0.2) is 229 Å². The van der Waals surface area contributed by atoms with Crippen molar-refractivity contribution in [2.45, 2.75) is 0 Å². The molecule has 0 saturated carbocycles. The molecule has 11 aromatic carbocycles. The van der Waals surface area contributed by atoms with Gasteiger partial charge in [-0.05, 0) is 111 Å². The Morgan fingerprint density at radius 2 is 0.913 bits per heavy atom. The lowest BCUT2D eigenvalue weighted by Crippen LogP contribution is -2.04. The molecule has 0 amide bonds. The van der Waals surface area contributed by atoms with Crippen LogP contribution in [0.2, 0.25) is 0 Å². The Kier molecular flexibility index (Phi) is 7.97. The highest BCUT2D eigenvalue weighted by Crippen LogP contribution is 2.45. The number of fused-ring (bicyclic) bond motifs is 13. The monoisotopic (exact) mass is 879 g/mol. The van der Waals surface area contributed by atoms with Gasteiger partial charge in [0.1, 0.15) is 11.3 Å². The van der Waals surface area contributed by atoms with E-state index in [-0.39, 0.29) is 0 Å². The van der Waals surface area contributed by atoms with Gasteiger partial charge in [0.2, 0.25) is 0 Å². The highest BCUT2D eigenvalue weighted by atomic mass is 16.3. The van der Waals surface area contributed by atoms with Crippen molar-refractivity contribution in [2.75, 3.05) is 0 Å². The van der Waals surface area contributed by atoms with Gasteiger partial charge in [0, 0.05) is 54.7 Å². The molecule has 0 spiro atoms. The molecule has 4 aromatic heterocycles. The molecule has 0 aliphatic rings. The molecule has 15 rings (SSSR count). The van der Waals surface area contributed by atoms with Crippen molar-refractivity contribution in [3.63, 3.8) is 0 Å². The van der Waals surface area contributed by atoms with Crippen LogP contribution in [0.5, 0.6) is 0 Å². The molecule has 6 nitrogen and oxygen atoms in total. The van der Waals surface area contributed by atoms with Crippen LogP contribution in [-0.4, -0.2) is 24.1 Å². The van der Waals surface area contributed by atoms with E-state index >= 15 is 0 Å². The average molecular weight is 880 g/mol. The summed E-state index contributed by atoms with van der Waals surface area (Å²) in [7, 11) is 0. The molecule has 0 aliphatic heterocycles. The summed E-state index contributed by atoms with van der Waals surface area (Å²) in [5, 5.41) is 13.7. The molecule has 0 fully saturated rings. The van der Waals surface area contributed by atoms with Crippen molar-refractivity contribution < 1.29 is 4.42 Å². The summed E-state index contributed by atoms with van der Waals surface area (Å²) in [5.41, 5.74) is 10.6. The normalized spacial score (nSPS) is 12.1. The maximum Gasteiger partial charge on any atom is 0.166 e. The standard InChI is InChI=1S/C63H37N5O/c1-2-19-45(20-3-1)67-53-24-12-10-22-47(53)51-36-44(29-32-54(51)67)62-64-61(43-27-26-38-14-4-5-16-40(38)34-43)65-63(66-62)50-31-30-49-48-23-11-13-25-57(48)69-60(49)59(50)68-55-33-28-39-15-8-9-21-46(39)58(55)52-35-41-17-6-7-18-42(41)37-56(52)68/h1-37H. The van der Waals surface area contributed by atoms with Crippen molar-refractivity contribution in [3.05, 3.63) is 224 Å². The second-order valence-electron chi connectivity index (χ2n) is 18.0. The molecule has 0 saturated heterocycles. The lowest BCUT2D eigenvalue weighted by Gasteiger charge is -2.16. The number of para-hydroxylation sites is 3. The van der Waals surface area contributed by atoms with E-state index in [1.807, 2.05) is 6.07 Å². The van der Waals surface area contributed by atoms with Gasteiger partial charge in [0.05, 0.1) is 22.1 Å². The van der Waals surface area contributed by atoms with Gasteiger partial charge in [0.25, 0.3) is 0 Å². The zero-order valence-electron chi connectivity index (χ0n) is 37.0. The SMILES string of the molecule is c1ccc(-n2c3ccccc3c3cc(-c4nc(-c5ccc6ccccc6c5)nc(-c5ccc6c(oc7ccccc76)c5-n5c6cc7ccccc7cc6c6c7ccccc7ccc65)n4)ccc32)cc1. The Bertz CT molecular complexity index is 4620. The summed E-state index contributed by atoms with van der Waals surface area (Å²) in [6.45, 7) is 0. The average Bonchev–Trinajstić information content (AvgIpc) is 4.07. The molecule has 6 heteroatoms. The predicted molar refractivity (Wildman–Crippen MR) is 285 cm³/mol. The van der Waals surface area contributed by atoms with Crippen LogP contribution in [0, 0.1) is 0 Å². The fraction of sp³-hybridized carbons (Fsp3) is 0. The number of furan rings is 1. The Balaban J connectivity index is 1.06. The van der Waals surface area contributed by atoms with Crippen molar-refractivity contribution in [1.82, 2.24) is 24.1 Å². The third kappa shape index (κ3) is 5.69. The first-order valence-corrected chi connectivity index (χ1v) is 23.3. The molecule has 0 bridgehead atoms. The third-order valence-electron chi connectivity index (χ3n) is 14.1. The van der Waals surface area contributed by atoms with Crippen molar-refractivity contribution >= 4 is 97.9 Å². The Morgan fingerprint density at radius 3 is 1.74 bits per heavy atom. The Hall–Kier alpha value is -9.39. The van der Waals surface area contributed by atoms with Gasteiger partial charge in [-0.25, -0.2) is 15.0 Å². The van der Waals surface area contributed by atoms with Crippen LogP contribution in [0.3, 0.4) is 0 Å². The van der Waals surface area contributed by atoms with E-state index in [0.717, 1.165) is 104 Å². The zero-order valence-corrected chi connectivity index (χ0v) is 37.0. The van der Waals surface area contributed by atoms with Gasteiger partial charge in [-0.2, -0.15) is 0 Å². The van der Waals surface area contributed by atoms with Gasteiger partial charge in [-0.15, -0.1) is 0 Å². The molecule has 4 heterocycles. The quantitative estimate of drug-likeness (QED) is 0.173. The van der Waals surface area contributed by atoms with Gasteiger partial charge in [0.15, 0.2) is 23.1 Å². The molecular formula is C63H37N5O. The van der Waals surface area contributed by atoms with Crippen LogP contribution in [0.1, 0.15) is 0 Å². The number of benzene rings is 11. The number of aromatic nitrogens is 5. The van der Waals surface area contributed by atoms with Gasteiger partial charge >= 0.3 is 0 Å². The number of rotatable bonds is 5. The molecule has 0 radical (unpaired) electrons. The summed E-state index contributed by atoms with van der Waals surface area (Å²) < 4.78 is 11.8. The highest BCUT2D eigenvalue weighted by molar-refractivity contribution is 6.24. The van der Waals surface area contributed by atoms with E-state index in [2.05, 4.69) is 228 Å². The molecular weight excluding hydrogens is 843 g/mol. The van der Waals surface area contributed by atoms with Crippen LogP contribution >= 0.6 is 0 Å². The molecule has 320 valence electrons. The topological polar surface area (TPSA) is 61.7 Å². The van der Waals surface area contributed by atoms with E-state index in [1.165, 1.54) is 21.5 Å². The van der Waals surface area contributed by atoms with Crippen molar-refractivity contribution in [3.8, 4) is 45.5 Å². The van der Waals surface area contributed by atoms with Crippen molar-refractivity contribution in [1.29, 1.82) is 0 Å². The van der Waals surface area contributed by atoms with E-state index < -0.39 is 0 Å². The minimum Gasteiger partial charge on any atom is -0.454 e. The summed E-state index contributed by atoms with van der Waals surface area (Å²) >= 11 is 0. The van der Waals surface area contributed by atoms with E-state index in [0.29, 0.717) is 17.5 Å². The number of hydrogen-bond acceptors (Lipinski definition) is 4. The largest absolute Gasteiger partial charge is 0.454 e. The first-order valence-electron chi connectivity index (χ1n) is 23.3. The minimum atomic E-state index is 0.545. The second-order valence-corrected chi connectivity index (χ2v) is 18.0. The maximum absolute atomic E-state index is 7.05. The van der Waals surface area contributed by atoms with Gasteiger partial charge in [-0.1, -0.05) is 146 Å². The first-order chi connectivity index (χ1) is 34.2. The van der Waals surface area contributed by atoms with Crippen LogP contribution < -0.4 is 0 Å². The Morgan fingerprint density at radius 1 is 0.319 bits per heavy atom. The summed E-state index contributed by atoms with van der Waals surface area (Å²) in [6.07, 6.45) is 0. The molecule has 0 atom stereocenters. The molecule has 0 N–H and O–H groups in total. The summed E-state index contributed by atoms with van der Waals surface area (Å²) in [4.78, 5) is 16.3. The molecule has 15 aromatic rings. The van der Waals surface area contributed by atoms with Crippen LogP contribution in [-0.2, 0) is 0 Å². The van der Waals surface area contributed by atoms with E-state index in [9.17, 15) is 0 Å². The first kappa shape index (κ1) is 37.8. The number of hydrogen-bond donors (Lipinski definition) is 0. The zero-order chi connectivity index (χ0) is 45.2. The fourth-order valence-corrected chi connectivity index (χ4v) is 10.9. The third-order valence-corrected chi connectivity index (χ3v) is 14.1. The summed E-state index contributed by atoms with van der Waals surface area (Å²) in [5.74, 6) is 1.71. The second kappa shape index (κ2) is 14.6. The molecule has 0 unspecified atom stereocenters. The van der Waals surface area contributed by atoms with Gasteiger partial charge < -0.3 is 13.6 Å². The van der Waals surface area contributed by atoms with E-state index in [4.69, 9.17) is 19.4 Å². The Labute approximate surface area is 394 Å². The maximum atomic E-state index is 7.05. The molecule has 0 aliphatic carbocycles.